The summed E-state index contributed by atoms with van der Waals surface area (Å²) >= 11 is 0. The van der Waals surface area contributed by atoms with Crippen LogP contribution in [-0.2, 0) is 12.8 Å². The molecule has 0 radical (unpaired) electrons. The number of aliphatic hydroxyl groups excluding tert-OH is 1. The van der Waals surface area contributed by atoms with E-state index in [1.807, 2.05) is 6.08 Å². The zero-order valence-electron chi connectivity index (χ0n) is 37.6. The normalized spacial score (nSPS) is 21.3. The van der Waals surface area contributed by atoms with Crippen LogP contribution in [0, 0.1) is 18.8 Å². The van der Waals surface area contributed by atoms with E-state index in [2.05, 4.69) is 155 Å². The van der Waals surface area contributed by atoms with E-state index in [0.29, 0.717) is 12.0 Å². The van der Waals surface area contributed by atoms with Crippen LogP contribution in [0.1, 0.15) is 158 Å². The van der Waals surface area contributed by atoms with Gasteiger partial charge in [-0.25, -0.2) is 0 Å². The molecule has 0 bridgehead atoms. The van der Waals surface area contributed by atoms with Gasteiger partial charge >= 0.3 is 0 Å². The molecule has 316 valence electrons. The maximum atomic E-state index is 11.5. The van der Waals surface area contributed by atoms with E-state index in [0.717, 1.165) is 60.4 Å². The molecule has 4 aliphatic rings. The minimum atomic E-state index is -0.636. The molecule has 6 rings (SSSR count). The minimum absolute atomic E-state index is 0.402. The number of hydrogen-bond donors (Lipinski definition) is 1. The van der Waals surface area contributed by atoms with Crippen molar-refractivity contribution in [3.8, 4) is 0 Å². The first-order valence-electron chi connectivity index (χ1n) is 23.7. The Kier molecular flexibility index (Phi) is 19.3. The van der Waals surface area contributed by atoms with E-state index in [1.165, 1.54) is 117 Å². The zero-order chi connectivity index (χ0) is 41.8. The Balaban J connectivity index is 0.000000578. The molecule has 0 fully saturated rings. The van der Waals surface area contributed by atoms with Gasteiger partial charge in [0.05, 0.1) is 0 Å². The van der Waals surface area contributed by atoms with E-state index in [-0.39, 0.29) is 0 Å². The lowest BCUT2D eigenvalue weighted by Gasteiger charge is -2.36. The Hall–Kier alpha value is -4.14. The third kappa shape index (κ3) is 14.0. The van der Waals surface area contributed by atoms with Crippen molar-refractivity contribution in [2.45, 2.75) is 156 Å². The molecule has 0 aliphatic heterocycles. The smallest absolute Gasteiger partial charge is 0.105 e. The molecule has 0 saturated carbocycles. The van der Waals surface area contributed by atoms with Gasteiger partial charge in [-0.1, -0.05) is 188 Å². The molecule has 2 heteroatoms. The van der Waals surface area contributed by atoms with Crippen LogP contribution in [-0.4, -0.2) is 22.6 Å². The summed E-state index contributed by atoms with van der Waals surface area (Å²) in [6.07, 6.45) is 48.0. The molecule has 2 aromatic rings. The molecule has 2 nitrogen and oxygen atoms in total. The number of unbranched alkanes of at least 4 members (excludes halogenated alkanes) is 3. The maximum Gasteiger partial charge on any atom is 0.105 e. The Bertz CT molecular complexity index is 1870. The summed E-state index contributed by atoms with van der Waals surface area (Å²) in [7, 11) is 0. The number of hydrogen-bond acceptors (Lipinski definition) is 2. The number of fused-ring (bicyclic) bond motifs is 1. The van der Waals surface area contributed by atoms with Gasteiger partial charge in [-0.15, -0.1) is 0 Å². The van der Waals surface area contributed by atoms with Gasteiger partial charge in [-0.2, -0.15) is 0 Å². The third-order valence-corrected chi connectivity index (χ3v) is 12.7. The molecule has 1 N–H and O–H groups in total. The summed E-state index contributed by atoms with van der Waals surface area (Å²) in [5.74, 6) is 1.42. The molecular weight excluding hydrogens is 715 g/mol. The number of allylic oxidation sites excluding steroid dienone is 12. The SMILES string of the molecule is C=CC1=C(/C=C\CN(C2=CC=C(CCCC)C=CC2)C2C=CC(CCCC)CC2)c2ccc(CC3=CCCC(CCCC)C=C3)cc2C1O.CCCc1ccc(C)cc1. The van der Waals surface area contributed by atoms with Crippen molar-refractivity contribution in [1.82, 2.24) is 4.90 Å². The van der Waals surface area contributed by atoms with Crippen molar-refractivity contribution >= 4 is 5.57 Å². The maximum absolute atomic E-state index is 11.5. The molecule has 59 heavy (non-hydrogen) atoms. The lowest BCUT2D eigenvalue weighted by molar-refractivity contribution is 0.223. The van der Waals surface area contributed by atoms with Crippen LogP contribution >= 0.6 is 0 Å². The molecule has 4 unspecified atom stereocenters. The first kappa shape index (κ1) is 45.9. The first-order chi connectivity index (χ1) is 28.9. The van der Waals surface area contributed by atoms with Crippen LogP contribution in [0.2, 0.25) is 0 Å². The van der Waals surface area contributed by atoms with Crippen LogP contribution in [0.5, 0.6) is 0 Å². The van der Waals surface area contributed by atoms with Crippen LogP contribution < -0.4 is 0 Å². The highest BCUT2D eigenvalue weighted by atomic mass is 16.3. The topological polar surface area (TPSA) is 23.5 Å². The van der Waals surface area contributed by atoms with Gasteiger partial charge in [-0.05, 0) is 134 Å². The second-order valence-corrected chi connectivity index (χ2v) is 17.5. The fraction of sp³-hybridized carbons (Fsp3) is 0.474. The Morgan fingerprint density at radius 1 is 0.763 bits per heavy atom. The first-order valence-corrected chi connectivity index (χ1v) is 23.7. The molecule has 0 saturated heterocycles. The molecular formula is C57H77NO. The minimum Gasteiger partial charge on any atom is -0.384 e. The van der Waals surface area contributed by atoms with Crippen molar-refractivity contribution in [3.05, 3.63) is 172 Å². The average molecular weight is 792 g/mol. The second kappa shape index (κ2) is 24.8. The molecule has 0 spiro atoms. The van der Waals surface area contributed by atoms with E-state index in [1.54, 1.807) is 0 Å². The van der Waals surface area contributed by atoms with Gasteiger partial charge < -0.3 is 10.0 Å². The highest BCUT2D eigenvalue weighted by Crippen LogP contribution is 2.42. The Labute approximate surface area is 360 Å². The highest BCUT2D eigenvalue weighted by Gasteiger charge is 2.28. The number of aliphatic hydroxyl groups is 1. The van der Waals surface area contributed by atoms with E-state index in [4.69, 9.17) is 0 Å². The molecule has 2 aromatic carbocycles. The predicted molar refractivity (Wildman–Crippen MR) is 257 cm³/mol. The molecule has 0 amide bonds. The summed E-state index contributed by atoms with van der Waals surface area (Å²) < 4.78 is 0. The highest BCUT2D eigenvalue weighted by molar-refractivity contribution is 5.85. The van der Waals surface area contributed by atoms with Crippen molar-refractivity contribution in [3.63, 3.8) is 0 Å². The van der Waals surface area contributed by atoms with Crippen molar-refractivity contribution < 1.29 is 5.11 Å². The van der Waals surface area contributed by atoms with Gasteiger partial charge in [0.15, 0.2) is 0 Å². The largest absolute Gasteiger partial charge is 0.384 e. The van der Waals surface area contributed by atoms with Gasteiger partial charge in [0, 0.05) is 24.7 Å². The quantitative estimate of drug-likeness (QED) is 0.143. The summed E-state index contributed by atoms with van der Waals surface area (Å²) in [5, 5.41) is 11.5. The summed E-state index contributed by atoms with van der Waals surface area (Å²) in [5.41, 5.74) is 12.5. The standard InChI is InChI=1S/C47H63NO.C10H14/c1-5-9-15-36-18-12-20-39(24-23-36)34-40-28-32-45-44(43(8-4)47(49)46(45)35-40)22-14-33-48(42-30-26-38(27-31-42)17-11-7-3)41-21-13-19-37(25-29-41)16-10-6-2;1-3-4-10-7-5-9(2)6-8-10/h8,13-14,19-20,22-26,28-30,32,35-36,38,42,47,49H,4-7,9-12,15-18,21,27,31,33-34H2,1-3H3;5-8H,3-4H2,1-2H3/b22-14-;. The second-order valence-electron chi connectivity index (χ2n) is 17.5. The number of aryl methyl sites for hydroxylation is 2. The van der Waals surface area contributed by atoms with Crippen LogP contribution in [0.3, 0.4) is 0 Å². The fourth-order valence-electron chi connectivity index (χ4n) is 9.09. The number of benzene rings is 2. The summed E-state index contributed by atoms with van der Waals surface area (Å²) in [6.45, 7) is 16.1. The van der Waals surface area contributed by atoms with Crippen LogP contribution in [0.25, 0.3) is 5.57 Å². The number of nitrogens with zero attached hydrogens (tertiary/aromatic N) is 1. The van der Waals surface area contributed by atoms with Crippen LogP contribution in [0.15, 0.2) is 144 Å². The Morgan fingerprint density at radius 3 is 2.20 bits per heavy atom. The van der Waals surface area contributed by atoms with E-state index in [9.17, 15) is 5.11 Å². The average Bonchev–Trinajstić information content (AvgIpc) is 3.47. The lowest BCUT2D eigenvalue weighted by atomic mass is 9.88. The van der Waals surface area contributed by atoms with Gasteiger partial charge in [0.1, 0.15) is 6.10 Å². The predicted octanol–water partition coefficient (Wildman–Crippen LogP) is 15.6. The molecule has 4 atom stereocenters. The van der Waals surface area contributed by atoms with E-state index >= 15 is 0 Å². The molecule has 0 aromatic heterocycles. The van der Waals surface area contributed by atoms with Gasteiger partial charge in [-0.3, -0.25) is 0 Å². The summed E-state index contributed by atoms with van der Waals surface area (Å²) in [6, 6.07) is 15.9. The zero-order valence-corrected chi connectivity index (χ0v) is 37.6. The molecule has 0 heterocycles. The van der Waals surface area contributed by atoms with Crippen molar-refractivity contribution in [2.24, 2.45) is 11.8 Å². The van der Waals surface area contributed by atoms with E-state index < -0.39 is 6.10 Å². The van der Waals surface area contributed by atoms with Crippen molar-refractivity contribution in [2.75, 3.05) is 6.54 Å². The molecule has 4 aliphatic carbocycles. The van der Waals surface area contributed by atoms with Crippen LogP contribution in [0.4, 0.5) is 0 Å². The fourth-order valence-corrected chi connectivity index (χ4v) is 9.09. The third-order valence-electron chi connectivity index (χ3n) is 12.7. The van der Waals surface area contributed by atoms with Gasteiger partial charge in [0.2, 0.25) is 0 Å². The lowest BCUT2D eigenvalue weighted by Crippen LogP contribution is -2.35. The monoisotopic (exact) mass is 792 g/mol. The Morgan fingerprint density at radius 2 is 1.51 bits per heavy atom. The van der Waals surface area contributed by atoms with Crippen molar-refractivity contribution in [1.29, 1.82) is 0 Å². The van der Waals surface area contributed by atoms with Gasteiger partial charge in [0.25, 0.3) is 0 Å². The number of rotatable bonds is 19. The summed E-state index contributed by atoms with van der Waals surface area (Å²) in [4.78, 5) is 2.62.